The summed E-state index contributed by atoms with van der Waals surface area (Å²) in [6.07, 6.45) is 4.44. The van der Waals surface area contributed by atoms with Crippen molar-refractivity contribution in [2.75, 3.05) is 18.9 Å². The molecule has 1 heterocycles. The van der Waals surface area contributed by atoms with Gasteiger partial charge in [-0.3, -0.25) is 14.7 Å². The standard InChI is InChI=1S/C18H20N4O/c1-3-17(15-8-10-20-11-9-15)22(2)13-18(23)21-16-6-4-14(12-19)5-7-16/h4-11,17H,3,13H2,1-2H3,(H,21,23). The molecular formula is C18H20N4O. The minimum Gasteiger partial charge on any atom is -0.325 e. The quantitative estimate of drug-likeness (QED) is 0.890. The molecule has 1 unspecified atom stereocenters. The molecule has 5 heteroatoms. The summed E-state index contributed by atoms with van der Waals surface area (Å²) in [6, 6.07) is 13.0. The number of carbonyl (C=O) groups excluding carboxylic acids is 1. The minimum absolute atomic E-state index is 0.0790. The fourth-order valence-corrected chi connectivity index (χ4v) is 2.55. The van der Waals surface area contributed by atoms with Gasteiger partial charge in [0.1, 0.15) is 0 Å². The molecule has 2 aromatic rings. The van der Waals surface area contributed by atoms with Crippen molar-refractivity contribution in [3.8, 4) is 6.07 Å². The SMILES string of the molecule is CCC(c1ccncc1)N(C)CC(=O)Nc1ccc(C#N)cc1. The lowest BCUT2D eigenvalue weighted by Crippen LogP contribution is -2.33. The lowest BCUT2D eigenvalue weighted by molar-refractivity contribution is -0.117. The van der Waals surface area contributed by atoms with E-state index in [1.807, 2.05) is 24.1 Å². The zero-order valence-electron chi connectivity index (χ0n) is 13.4. The highest BCUT2D eigenvalue weighted by Gasteiger charge is 2.17. The number of hydrogen-bond donors (Lipinski definition) is 1. The zero-order valence-corrected chi connectivity index (χ0v) is 13.4. The van der Waals surface area contributed by atoms with Gasteiger partial charge in [-0.2, -0.15) is 5.26 Å². The van der Waals surface area contributed by atoms with E-state index in [9.17, 15) is 4.79 Å². The number of carbonyl (C=O) groups is 1. The molecule has 0 fully saturated rings. The molecule has 0 saturated heterocycles. The Hall–Kier alpha value is -2.71. The summed E-state index contributed by atoms with van der Waals surface area (Å²) in [5.41, 5.74) is 2.42. The van der Waals surface area contributed by atoms with Crippen LogP contribution >= 0.6 is 0 Å². The Balaban J connectivity index is 1.96. The number of nitriles is 1. The molecule has 1 N–H and O–H groups in total. The van der Waals surface area contributed by atoms with Crippen molar-refractivity contribution in [3.63, 3.8) is 0 Å². The van der Waals surface area contributed by atoms with Crippen LogP contribution in [0, 0.1) is 11.3 Å². The summed E-state index contributed by atoms with van der Waals surface area (Å²) in [6.45, 7) is 2.39. The van der Waals surface area contributed by atoms with Crippen molar-refractivity contribution < 1.29 is 4.79 Å². The molecule has 0 aliphatic carbocycles. The summed E-state index contributed by atoms with van der Waals surface area (Å²) in [7, 11) is 1.94. The van der Waals surface area contributed by atoms with E-state index in [0.29, 0.717) is 17.8 Å². The van der Waals surface area contributed by atoms with Crippen molar-refractivity contribution in [1.82, 2.24) is 9.88 Å². The summed E-state index contributed by atoms with van der Waals surface area (Å²) in [5, 5.41) is 11.6. The van der Waals surface area contributed by atoms with Crippen LogP contribution in [0.4, 0.5) is 5.69 Å². The van der Waals surface area contributed by atoms with Gasteiger partial charge in [0, 0.05) is 24.1 Å². The Morgan fingerprint density at radius 1 is 1.26 bits per heavy atom. The maximum Gasteiger partial charge on any atom is 0.238 e. The van der Waals surface area contributed by atoms with Crippen LogP contribution in [0.25, 0.3) is 0 Å². The number of anilines is 1. The van der Waals surface area contributed by atoms with E-state index in [4.69, 9.17) is 5.26 Å². The Labute approximate surface area is 136 Å². The molecule has 1 aromatic carbocycles. The van der Waals surface area contributed by atoms with Crippen molar-refractivity contribution in [2.45, 2.75) is 19.4 Å². The average Bonchev–Trinajstić information content (AvgIpc) is 2.57. The number of pyridine rings is 1. The number of amides is 1. The molecule has 1 aromatic heterocycles. The first-order valence-electron chi connectivity index (χ1n) is 7.54. The van der Waals surface area contributed by atoms with Crippen LogP contribution in [-0.2, 0) is 4.79 Å². The van der Waals surface area contributed by atoms with E-state index in [0.717, 1.165) is 12.0 Å². The Morgan fingerprint density at radius 3 is 2.48 bits per heavy atom. The second-order valence-corrected chi connectivity index (χ2v) is 5.36. The third-order valence-electron chi connectivity index (χ3n) is 3.70. The molecule has 0 spiro atoms. The Morgan fingerprint density at radius 2 is 1.91 bits per heavy atom. The number of aromatic nitrogens is 1. The van der Waals surface area contributed by atoms with Gasteiger partial charge in [0.05, 0.1) is 18.2 Å². The Kier molecular flexibility index (Phi) is 5.84. The fraction of sp³-hybridized carbons (Fsp3) is 0.278. The van der Waals surface area contributed by atoms with Crippen LogP contribution < -0.4 is 5.32 Å². The monoisotopic (exact) mass is 308 g/mol. The van der Waals surface area contributed by atoms with Crippen LogP contribution in [0.5, 0.6) is 0 Å². The first-order valence-corrected chi connectivity index (χ1v) is 7.54. The van der Waals surface area contributed by atoms with Gasteiger partial charge in [-0.25, -0.2) is 0 Å². The van der Waals surface area contributed by atoms with Crippen LogP contribution in [0.3, 0.4) is 0 Å². The third-order valence-corrected chi connectivity index (χ3v) is 3.70. The van der Waals surface area contributed by atoms with Crippen molar-refractivity contribution >= 4 is 11.6 Å². The van der Waals surface area contributed by atoms with Crippen LogP contribution in [0.15, 0.2) is 48.8 Å². The van der Waals surface area contributed by atoms with Gasteiger partial charge in [0.25, 0.3) is 0 Å². The normalized spacial score (nSPS) is 11.7. The van der Waals surface area contributed by atoms with Crippen molar-refractivity contribution in [1.29, 1.82) is 5.26 Å². The number of nitrogens with one attached hydrogen (secondary N) is 1. The predicted molar refractivity (Wildman–Crippen MR) is 89.7 cm³/mol. The zero-order chi connectivity index (χ0) is 16.7. The van der Waals surface area contributed by atoms with E-state index >= 15 is 0 Å². The number of nitrogens with zero attached hydrogens (tertiary/aromatic N) is 3. The highest BCUT2D eigenvalue weighted by molar-refractivity contribution is 5.92. The molecule has 0 radical (unpaired) electrons. The van der Waals surface area contributed by atoms with Crippen LogP contribution in [0.2, 0.25) is 0 Å². The highest BCUT2D eigenvalue weighted by Crippen LogP contribution is 2.21. The molecule has 0 aliphatic heterocycles. The summed E-state index contributed by atoms with van der Waals surface area (Å²) < 4.78 is 0. The van der Waals surface area contributed by atoms with E-state index in [1.165, 1.54) is 0 Å². The lowest BCUT2D eigenvalue weighted by Gasteiger charge is -2.26. The maximum atomic E-state index is 12.2. The smallest absolute Gasteiger partial charge is 0.238 e. The van der Waals surface area contributed by atoms with Gasteiger partial charge in [-0.1, -0.05) is 6.92 Å². The van der Waals surface area contributed by atoms with Crippen molar-refractivity contribution in [3.05, 3.63) is 59.9 Å². The highest BCUT2D eigenvalue weighted by atomic mass is 16.2. The lowest BCUT2D eigenvalue weighted by atomic mass is 10.0. The first kappa shape index (κ1) is 16.7. The second kappa shape index (κ2) is 8.06. The molecule has 5 nitrogen and oxygen atoms in total. The Bertz CT molecular complexity index is 676. The van der Waals surface area contributed by atoms with Crippen LogP contribution in [-0.4, -0.2) is 29.4 Å². The predicted octanol–water partition coefficient (Wildman–Crippen LogP) is 2.97. The molecule has 1 atom stereocenters. The number of benzene rings is 1. The van der Waals surface area contributed by atoms with E-state index < -0.39 is 0 Å². The van der Waals surface area contributed by atoms with Gasteiger partial charge >= 0.3 is 0 Å². The average molecular weight is 308 g/mol. The minimum atomic E-state index is -0.0790. The maximum absolute atomic E-state index is 12.2. The molecular weight excluding hydrogens is 288 g/mol. The summed E-state index contributed by atoms with van der Waals surface area (Å²) in [4.78, 5) is 18.3. The molecule has 1 amide bonds. The largest absolute Gasteiger partial charge is 0.325 e. The number of likely N-dealkylation sites (N-methyl/N-ethyl adjacent to an activating group) is 1. The van der Waals surface area contributed by atoms with E-state index in [2.05, 4.69) is 23.3 Å². The van der Waals surface area contributed by atoms with E-state index in [-0.39, 0.29) is 11.9 Å². The summed E-state index contributed by atoms with van der Waals surface area (Å²) >= 11 is 0. The van der Waals surface area contributed by atoms with E-state index in [1.54, 1.807) is 36.7 Å². The molecule has 2 rings (SSSR count). The number of hydrogen-bond acceptors (Lipinski definition) is 4. The topological polar surface area (TPSA) is 69.0 Å². The van der Waals surface area contributed by atoms with Gasteiger partial charge in [-0.15, -0.1) is 0 Å². The third kappa shape index (κ3) is 4.63. The molecule has 0 bridgehead atoms. The summed E-state index contributed by atoms with van der Waals surface area (Å²) in [5.74, 6) is -0.0790. The van der Waals surface area contributed by atoms with Gasteiger partial charge in [0.15, 0.2) is 0 Å². The van der Waals surface area contributed by atoms with Crippen LogP contribution in [0.1, 0.15) is 30.5 Å². The molecule has 0 saturated carbocycles. The van der Waals surface area contributed by atoms with Gasteiger partial charge in [0.2, 0.25) is 5.91 Å². The molecule has 118 valence electrons. The fourth-order valence-electron chi connectivity index (χ4n) is 2.55. The molecule has 0 aliphatic rings. The number of rotatable bonds is 6. The van der Waals surface area contributed by atoms with Crippen molar-refractivity contribution in [2.24, 2.45) is 0 Å². The first-order chi connectivity index (χ1) is 11.1. The second-order valence-electron chi connectivity index (χ2n) is 5.36. The van der Waals surface area contributed by atoms with Gasteiger partial charge < -0.3 is 5.32 Å². The van der Waals surface area contributed by atoms with Gasteiger partial charge in [-0.05, 0) is 55.4 Å². The molecule has 23 heavy (non-hydrogen) atoms.